The minimum atomic E-state index is 0.322. The third-order valence-corrected chi connectivity index (χ3v) is 5.03. The van der Waals surface area contributed by atoms with Crippen LogP contribution in [-0.2, 0) is 18.9 Å². The second-order valence-electron chi connectivity index (χ2n) is 6.86. The normalized spacial score (nSPS) is 22.6. The number of hydrogen-bond acceptors (Lipinski definition) is 4. The van der Waals surface area contributed by atoms with Crippen LogP contribution in [0.4, 0.5) is 0 Å². The fourth-order valence-electron chi connectivity index (χ4n) is 2.72. The van der Waals surface area contributed by atoms with Crippen molar-refractivity contribution in [3.8, 4) is 0 Å². The van der Waals surface area contributed by atoms with Crippen molar-refractivity contribution in [1.82, 2.24) is 0 Å². The van der Waals surface area contributed by atoms with Crippen molar-refractivity contribution >= 4 is 0 Å². The molecule has 0 atom stereocenters. The van der Waals surface area contributed by atoms with E-state index in [9.17, 15) is 0 Å². The molecule has 0 spiro atoms. The molecule has 0 aliphatic carbocycles. The summed E-state index contributed by atoms with van der Waals surface area (Å²) in [6.45, 7) is 11.4. The second kappa shape index (κ2) is 8.47. The van der Waals surface area contributed by atoms with Gasteiger partial charge in [0.2, 0.25) is 0 Å². The predicted molar refractivity (Wildman–Crippen MR) is 82.6 cm³/mol. The Morgan fingerprint density at radius 3 is 1.43 bits per heavy atom. The van der Waals surface area contributed by atoms with Crippen LogP contribution < -0.4 is 0 Å². The van der Waals surface area contributed by atoms with E-state index in [2.05, 4.69) is 13.8 Å². The van der Waals surface area contributed by atoms with E-state index in [0.717, 1.165) is 78.5 Å². The Morgan fingerprint density at radius 1 is 0.714 bits per heavy atom. The molecule has 0 amide bonds. The SMILES string of the molecule is CCC1(COCCCCCOCC2(CC)COC2)COC1. The molecule has 4 heteroatoms. The highest BCUT2D eigenvalue weighted by Crippen LogP contribution is 2.32. The Hall–Kier alpha value is -0.160. The zero-order valence-electron chi connectivity index (χ0n) is 13.8. The molecule has 0 bridgehead atoms. The molecule has 0 aromatic heterocycles. The van der Waals surface area contributed by atoms with Gasteiger partial charge in [-0.2, -0.15) is 0 Å². The van der Waals surface area contributed by atoms with Gasteiger partial charge < -0.3 is 18.9 Å². The Bertz CT molecular complexity index is 245. The third kappa shape index (κ3) is 4.92. The van der Waals surface area contributed by atoms with Crippen molar-refractivity contribution in [3.63, 3.8) is 0 Å². The van der Waals surface area contributed by atoms with Gasteiger partial charge in [0.05, 0.1) is 39.6 Å². The van der Waals surface area contributed by atoms with Gasteiger partial charge in [-0.05, 0) is 32.1 Å². The molecule has 2 aliphatic rings. The van der Waals surface area contributed by atoms with E-state index in [1.807, 2.05) is 0 Å². The van der Waals surface area contributed by atoms with Crippen molar-refractivity contribution in [2.45, 2.75) is 46.0 Å². The average Bonchev–Trinajstić information content (AvgIpc) is 2.42. The van der Waals surface area contributed by atoms with E-state index < -0.39 is 0 Å². The molecule has 2 heterocycles. The maximum atomic E-state index is 5.80. The zero-order valence-corrected chi connectivity index (χ0v) is 13.8. The predicted octanol–water partition coefficient (Wildman–Crippen LogP) is 3.04. The molecule has 2 aliphatic heterocycles. The summed E-state index contributed by atoms with van der Waals surface area (Å²) in [7, 11) is 0. The van der Waals surface area contributed by atoms with Crippen LogP contribution in [-0.4, -0.2) is 52.9 Å². The van der Waals surface area contributed by atoms with E-state index in [0.29, 0.717) is 10.8 Å². The Morgan fingerprint density at radius 2 is 1.14 bits per heavy atom. The molecule has 124 valence electrons. The van der Waals surface area contributed by atoms with Crippen LogP contribution in [0.2, 0.25) is 0 Å². The molecule has 0 aromatic rings. The van der Waals surface area contributed by atoms with Crippen molar-refractivity contribution in [2.24, 2.45) is 10.8 Å². The fourth-order valence-corrected chi connectivity index (χ4v) is 2.72. The van der Waals surface area contributed by atoms with Gasteiger partial charge in [0, 0.05) is 24.0 Å². The van der Waals surface area contributed by atoms with Crippen molar-refractivity contribution in [3.05, 3.63) is 0 Å². The zero-order chi connectivity index (χ0) is 15.0. The molecule has 0 aromatic carbocycles. The summed E-state index contributed by atoms with van der Waals surface area (Å²) in [6.07, 6.45) is 5.76. The number of rotatable bonds is 12. The first-order chi connectivity index (χ1) is 10.2. The highest BCUT2D eigenvalue weighted by atomic mass is 16.5. The summed E-state index contributed by atoms with van der Waals surface area (Å²) in [5.74, 6) is 0. The molecule has 0 unspecified atom stereocenters. The molecule has 0 N–H and O–H groups in total. The van der Waals surface area contributed by atoms with E-state index in [4.69, 9.17) is 18.9 Å². The monoisotopic (exact) mass is 300 g/mol. The molecule has 4 nitrogen and oxygen atoms in total. The van der Waals surface area contributed by atoms with E-state index in [1.54, 1.807) is 0 Å². The number of ether oxygens (including phenoxy) is 4. The molecule has 2 fully saturated rings. The van der Waals surface area contributed by atoms with Crippen LogP contribution in [0.15, 0.2) is 0 Å². The van der Waals surface area contributed by atoms with Crippen LogP contribution in [0, 0.1) is 10.8 Å². The van der Waals surface area contributed by atoms with Crippen LogP contribution in [0.1, 0.15) is 46.0 Å². The van der Waals surface area contributed by atoms with Gasteiger partial charge in [0.15, 0.2) is 0 Å². The summed E-state index contributed by atoms with van der Waals surface area (Å²) < 4.78 is 22.2. The standard InChI is InChI=1S/C17H32O4/c1-3-16(12-20-13-16)10-18-8-6-5-7-9-19-11-17(4-2)14-21-15-17/h3-15H2,1-2H3. The summed E-state index contributed by atoms with van der Waals surface area (Å²) in [5, 5.41) is 0. The first kappa shape index (κ1) is 17.2. The summed E-state index contributed by atoms with van der Waals surface area (Å²) in [6, 6.07) is 0. The smallest absolute Gasteiger partial charge is 0.0566 e. The van der Waals surface area contributed by atoms with Crippen molar-refractivity contribution in [1.29, 1.82) is 0 Å². The lowest BCUT2D eigenvalue weighted by Crippen LogP contribution is -2.45. The highest BCUT2D eigenvalue weighted by Gasteiger charge is 2.37. The molecule has 0 radical (unpaired) electrons. The molecular weight excluding hydrogens is 268 g/mol. The third-order valence-electron chi connectivity index (χ3n) is 5.03. The van der Waals surface area contributed by atoms with E-state index >= 15 is 0 Å². The molecular formula is C17H32O4. The number of hydrogen-bond donors (Lipinski definition) is 0. The first-order valence-corrected chi connectivity index (χ1v) is 8.55. The lowest BCUT2D eigenvalue weighted by molar-refractivity contribution is -0.151. The molecule has 2 saturated heterocycles. The number of unbranched alkanes of at least 4 members (excludes halogenated alkanes) is 2. The van der Waals surface area contributed by atoms with E-state index in [-0.39, 0.29) is 0 Å². The van der Waals surface area contributed by atoms with Gasteiger partial charge in [-0.1, -0.05) is 13.8 Å². The van der Waals surface area contributed by atoms with Gasteiger partial charge in [-0.15, -0.1) is 0 Å². The quantitative estimate of drug-likeness (QED) is 0.519. The van der Waals surface area contributed by atoms with Crippen molar-refractivity contribution < 1.29 is 18.9 Å². The minimum absolute atomic E-state index is 0.322. The summed E-state index contributed by atoms with van der Waals surface area (Å²) in [4.78, 5) is 0. The lowest BCUT2D eigenvalue weighted by Gasteiger charge is -2.40. The molecule has 0 saturated carbocycles. The van der Waals surface area contributed by atoms with Crippen LogP contribution in [0.25, 0.3) is 0 Å². The van der Waals surface area contributed by atoms with Gasteiger partial charge in [0.25, 0.3) is 0 Å². The Balaban J connectivity index is 1.37. The first-order valence-electron chi connectivity index (χ1n) is 8.55. The average molecular weight is 300 g/mol. The largest absolute Gasteiger partial charge is 0.381 e. The van der Waals surface area contributed by atoms with Crippen LogP contribution >= 0.6 is 0 Å². The fraction of sp³-hybridized carbons (Fsp3) is 1.00. The molecule has 2 rings (SSSR count). The van der Waals surface area contributed by atoms with Crippen LogP contribution in [0.5, 0.6) is 0 Å². The van der Waals surface area contributed by atoms with Gasteiger partial charge in [-0.3, -0.25) is 0 Å². The maximum absolute atomic E-state index is 5.80. The summed E-state index contributed by atoms with van der Waals surface area (Å²) in [5.41, 5.74) is 0.644. The molecule has 21 heavy (non-hydrogen) atoms. The van der Waals surface area contributed by atoms with E-state index in [1.165, 1.54) is 6.42 Å². The highest BCUT2D eigenvalue weighted by molar-refractivity contribution is 4.84. The van der Waals surface area contributed by atoms with Gasteiger partial charge >= 0.3 is 0 Å². The Labute approximate surface area is 129 Å². The van der Waals surface area contributed by atoms with Crippen molar-refractivity contribution in [2.75, 3.05) is 52.9 Å². The Kier molecular flexibility index (Phi) is 6.93. The topological polar surface area (TPSA) is 36.9 Å². The maximum Gasteiger partial charge on any atom is 0.0566 e. The minimum Gasteiger partial charge on any atom is -0.381 e. The van der Waals surface area contributed by atoms with Crippen LogP contribution in [0.3, 0.4) is 0 Å². The van der Waals surface area contributed by atoms with Gasteiger partial charge in [0.1, 0.15) is 0 Å². The summed E-state index contributed by atoms with van der Waals surface area (Å²) >= 11 is 0. The lowest BCUT2D eigenvalue weighted by atomic mass is 9.84. The van der Waals surface area contributed by atoms with Gasteiger partial charge in [-0.25, -0.2) is 0 Å². The second-order valence-corrected chi connectivity index (χ2v) is 6.86.